The largest absolute Gasteiger partial charge is 0.323 e. The van der Waals surface area contributed by atoms with E-state index in [1.807, 2.05) is 0 Å². The lowest BCUT2D eigenvalue weighted by atomic mass is 10.0. The highest BCUT2D eigenvalue weighted by molar-refractivity contribution is 5.80. The average Bonchev–Trinajstić information content (AvgIpc) is 3.96. The second kappa shape index (κ2) is 15.7. The van der Waals surface area contributed by atoms with Crippen molar-refractivity contribution in [1.82, 2.24) is 0 Å². The van der Waals surface area contributed by atoms with E-state index in [1.165, 1.54) is 78.9 Å². The first-order valence-corrected chi connectivity index (χ1v) is 20.2. The lowest BCUT2D eigenvalue weighted by Crippen LogP contribution is -2.34. The minimum Gasteiger partial charge on any atom is -0.323 e. The third kappa shape index (κ3) is 6.90. The summed E-state index contributed by atoms with van der Waals surface area (Å²) in [4.78, 5) is 10.2. The molecule has 0 N–H and O–H groups in total. The SMILES string of the molecule is c1ccc(-c2cccc(N3CCN(c4cccc(-c5ccccc5)c4)C3=C3N(c4cccc(-c5ccccc5)c4)CCN3c3cccc(-c4ccccc4)c3)c2)cc1. The third-order valence-electron chi connectivity index (χ3n) is 11.4. The highest BCUT2D eigenvalue weighted by Crippen LogP contribution is 2.42. The van der Waals surface area contributed by atoms with Crippen LogP contribution in [0.5, 0.6) is 0 Å². The van der Waals surface area contributed by atoms with E-state index in [0.29, 0.717) is 0 Å². The zero-order valence-corrected chi connectivity index (χ0v) is 32.4. The molecule has 10 rings (SSSR count). The predicted octanol–water partition coefficient (Wildman–Crippen LogP) is 12.8. The first kappa shape index (κ1) is 35.1. The molecule has 280 valence electrons. The van der Waals surface area contributed by atoms with Crippen molar-refractivity contribution in [3.63, 3.8) is 0 Å². The molecule has 2 fully saturated rings. The Morgan fingerprint density at radius 1 is 0.207 bits per heavy atom. The first-order valence-electron chi connectivity index (χ1n) is 20.2. The van der Waals surface area contributed by atoms with Gasteiger partial charge in [-0.15, -0.1) is 0 Å². The number of nitrogens with zero attached hydrogens (tertiary/aromatic N) is 4. The molecule has 0 amide bonds. The van der Waals surface area contributed by atoms with Gasteiger partial charge in [-0.3, -0.25) is 0 Å². The third-order valence-corrected chi connectivity index (χ3v) is 11.4. The van der Waals surface area contributed by atoms with E-state index in [4.69, 9.17) is 0 Å². The van der Waals surface area contributed by atoms with Crippen molar-refractivity contribution in [3.05, 3.63) is 230 Å². The standard InChI is InChI=1S/C54H44N4/c1-5-17-41(18-6-1)45-25-13-29-49(37-45)55-33-34-56(50-30-14-26-46(38-50)42-19-7-2-8-20-42)53(55)54-57(51-31-15-27-47(39-51)43-21-9-3-10-22-43)35-36-58(54)52-32-16-28-48(40-52)44-23-11-4-12-24-44/h1-32,37-40H,33-36H2. The Balaban J connectivity index is 1.19. The molecular formula is C54H44N4. The quantitative estimate of drug-likeness (QED) is 0.153. The summed E-state index contributed by atoms with van der Waals surface area (Å²) in [5.74, 6) is 2.34. The van der Waals surface area contributed by atoms with E-state index in [-0.39, 0.29) is 0 Å². The molecule has 4 heteroatoms. The summed E-state index contributed by atoms with van der Waals surface area (Å²) >= 11 is 0. The normalized spacial score (nSPS) is 14.1. The summed E-state index contributed by atoms with van der Waals surface area (Å²) in [5.41, 5.74) is 14.4. The number of benzene rings is 8. The van der Waals surface area contributed by atoms with Gasteiger partial charge in [-0.25, -0.2) is 0 Å². The number of hydrogen-bond donors (Lipinski definition) is 0. The molecule has 2 heterocycles. The second-order valence-electron chi connectivity index (χ2n) is 14.9. The fourth-order valence-electron chi connectivity index (χ4n) is 8.54. The maximum atomic E-state index is 2.55. The van der Waals surface area contributed by atoms with Crippen LogP contribution in [0.1, 0.15) is 0 Å². The van der Waals surface area contributed by atoms with Crippen molar-refractivity contribution >= 4 is 22.7 Å². The van der Waals surface area contributed by atoms with Crippen molar-refractivity contribution < 1.29 is 0 Å². The Kier molecular flexibility index (Phi) is 9.50. The van der Waals surface area contributed by atoms with Crippen molar-refractivity contribution in [2.45, 2.75) is 0 Å². The Bertz CT molecular complexity index is 2320. The van der Waals surface area contributed by atoms with Gasteiger partial charge in [-0.1, -0.05) is 170 Å². The molecule has 0 aromatic heterocycles. The average molecular weight is 749 g/mol. The van der Waals surface area contributed by atoms with Crippen LogP contribution in [-0.2, 0) is 0 Å². The second-order valence-corrected chi connectivity index (χ2v) is 14.9. The molecule has 0 aliphatic carbocycles. The van der Waals surface area contributed by atoms with E-state index in [1.54, 1.807) is 0 Å². The maximum absolute atomic E-state index is 2.55. The number of hydrogen-bond acceptors (Lipinski definition) is 4. The maximum Gasteiger partial charge on any atom is 0.156 e. The van der Waals surface area contributed by atoms with Gasteiger partial charge in [0.15, 0.2) is 11.6 Å². The summed E-state index contributed by atoms with van der Waals surface area (Å²) in [5, 5.41) is 0. The molecule has 8 aromatic carbocycles. The summed E-state index contributed by atoms with van der Waals surface area (Å²) in [6.07, 6.45) is 0. The van der Waals surface area contributed by atoms with Crippen LogP contribution in [0.4, 0.5) is 22.7 Å². The Hall–Kier alpha value is -7.30. The number of anilines is 4. The molecule has 0 bridgehead atoms. The fraction of sp³-hybridized carbons (Fsp3) is 0.0741. The predicted molar refractivity (Wildman–Crippen MR) is 244 cm³/mol. The molecule has 0 saturated carbocycles. The summed E-state index contributed by atoms with van der Waals surface area (Å²) in [6.45, 7) is 3.34. The minimum absolute atomic E-state index is 0.836. The van der Waals surface area contributed by atoms with Gasteiger partial charge >= 0.3 is 0 Å². The Morgan fingerprint density at radius 2 is 0.414 bits per heavy atom. The van der Waals surface area contributed by atoms with Crippen LogP contribution >= 0.6 is 0 Å². The molecule has 0 radical (unpaired) electrons. The Morgan fingerprint density at radius 3 is 0.638 bits per heavy atom. The smallest absolute Gasteiger partial charge is 0.156 e. The molecular weight excluding hydrogens is 705 g/mol. The zero-order chi connectivity index (χ0) is 38.7. The Labute approximate surface area is 341 Å². The van der Waals surface area contributed by atoms with Gasteiger partial charge in [0.05, 0.1) is 0 Å². The van der Waals surface area contributed by atoms with Gasteiger partial charge in [0, 0.05) is 48.9 Å². The van der Waals surface area contributed by atoms with Crippen LogP contribution in [0.15, 0.2) is 230 Å². The van der Waals surface area contributed by atoms with Crippen LogP contribution < -0.4 is 19.6 Å². The van der Waals surface area contributed by atoms with Crippen LogP contribution in [0.25, 0.3) is 44.5 Å². The van der Waals surface area contributed by atoms with Crippen molar-refractivity contribution in [3.8, 4) is 44.5 Å². The molecule has 58 heavy (non-hydrogen) atoms. The van der Waals surface area contributed by atoms with Crippen LogP contribution in [0.3, 0.4) is 0 Å². The summed E-state index contributed by atoms with van der Waals surface area (Å²) in [7, 11) is 0. The van der Waals surface area contributed by atoms with Crippen LogP contribution in [0, 0.1) is 0 Å². The molecule has 4 nitrogen and oxygen atoms in total. The monoisotopic (exact) mass is 748 g/mol. The molecule has 2 aliphatic rings. The van der Waals surface area contributed by atoms with Gasteiger partial charge in [0.1, 0.15) is 0 Å². The van der Waals surface area contributed by atoms with E-state index in [0.717, 1.165) is 26.2 Å². The highest BCUT2D eigenvalue weighted by atomic mass is 15.5. The van der Waals surface area contributed by atoms with Crippen LogP contribution in [0.2, 0.25) is 0 Å². The van der Waals surface area contributed by atoms with Crippen molar-refractivity contribution in [1.29, 1.82) is 0 Å². The molecule has 2 aliphatic heterocycles. The van der Waals surface area contributed by atoms with Gasteiger partial charge < -0.3 is 19.6 Å². The zero-order valence-electron chi connectivity index (χ0n) is 32.4. The first-order chi connectivity index (χ1) is 28.8. The summed E-state index contributed by atoms with van der Waals surface area (Å²) in [6, 6.07) is 79.1. The van der Waals surface area contributed by atoms with Crippen LogP contribution in [-0.4, -0.2) is 26.2 Å². The minimum atomic E-state index is 0.836. The molecule has 2 saturated heterocycles. The van der Waals surface area contributed by atoms with Gasteiger partial charge in [0.25, 0.3) is 0 Å². The highest BCUT2D eigenvalue weighted by Gasteiger charge is 2.39. The van der Waals surface area contributed by atoms with E-state index >= 15 is 0 Å². The van der Waals surface area contributed by atoms with Gasteiger partial charge in [0.2, 0.25) is 0 Å². The van der Waals surface area contributed by atoms with Gasteiger partial charge in [-0.05, 0) is 93.0 Å². The van der Waals surface area contributed by atoms with E-state index < -0.39 is 0 Å². The molecule has 8 aromatic rings. The molecule has 0 atom stereocenters. The number of rotatable bonds is 8. The molecule has 0 unspecified atom stereocenters. The molecule has 0 spiro atoms. The van der Waals surface area contributed by atoms with Crippen molar-refractivity contribution in [2.75, 3.05) is 45.8 Å². The topological polar surface area (TPSA) is 13.0 Å². The van der Waals surface area contributed by atoms with E-state index in [9.17, 15) is 0 Å². The van der Waals surface area contributed by atoms with E-state index in [2.05, 4.69) is 238 Å². The lowest BCUT2D eigenvalue weighted by Gasteiger charge is -2.34. The lowest BCUT2D eigenvalue weighted by molar-refractivity contribution is 0.966. The fourth-order valence-corrected chi connectivity index (χ4v) is 8.54. The van der Waals surface area contributed by atoms with Gasteiger partial charge in [-0.2, -0.15) is 0 Å². The summed E-state index contributed by atoms with van der Waals surface area (Å²) < 4.78 is 0. The van der Waals surface area contributed by atoms with Crippen molar-refractivity contribution in [2.24, 2.45) is 0 Å².